The molecule has 21 nitrogen and oxygen atoms in total. The van der Waals surface area contributed by atoms with Gasteiger partial charge >= 0.3 is 0 Å². The van der Waals surface area contributed by atoms with Crippen LogP contribution in [0.25, 0.3) is 10.4 Å². The number of likely N-dealkylation sites (tertiary alicyclic amines) is 1. The Kier molecular flexibility index (Phi) is 19.9. The Bertz CT molecular complexity index is 3130. The minimum absolute atomic E-state index is 0.0241. The first-order chi connectivity index (χ1) is 38.6. The fraction of sp³-hybridized carbons (Fsp3) is 0.491. The van der Waals surface area contributed by atoms with Gasteiger partial charge in [-0.1, -0.05) is 68.8 Å². The van der Waals surface area contributed by atoms with E-state index in [0.29, 0.717) is 36.3 Å². The summed E-state index contributed by atoms with van der Waals surface area (Å²) in [5.74, 6) is -0.562. The number of nitrogens with one attached hydrogen (secondary N) is 3. The van der Waals surface area contributed by atoms with Crippen molar-refractivity contribution in [3.8, 4) is 16.2 Å². The van der Waals surface area contributed by atoms with E-state index < -0.39 is 56.4 Å². The number of anilines is 5. The molecule has 0 bridgehead atoms. The molecule has 81 heavy (non-hydrogen) atoms. The fourth-order valence-electron chi connectivity index (χ4n) is 10.4. The van der Waals surface area contributed by atoms with Gasteiger partial charge < -0.3 is 45.2 Å². The molecule has 0 spiro atoms. The second kappa shape index (κ2) is 26.6. The minimum Gasteiger partial charge on any atom is -0.494 e. The van der Waals surface area contributed by atoms with Crippen LogP contribution in [0.2, 0.25) is 5.02 Å². The van der Waals surface area contributed by atoms with Crippen LogP contribution >= 0.6 is 22.9 Å². The number of aliphatic hydroxyl groups is 1. The number of rotatable bonds is 21. The molecular formula is C57H74ClN11O10S2. The van der Waals surface area contributed by atoms with Gasteiger partial charge in [0.15, 0.2) is 15.7 Å². The monoisotopic (exact) mass is 1170 g/mol. The average molecular weight is 1170 g/mol. The lowest BCUT2D eigenvalue weighted by Gasteiger charge is -2.43. The van der Waals surface area contributed by atoms with Crippen LogP contribution in [0, 0.1) is 12.3 Å². The van der Waals surface area contributed by atoms with Crippen LogP contribution in [0.3, 0.4) is 0 Å². The smallest absolute Gasteiger partial charge is 0.249 e. The SMILES string of the molecule is COc1cc(N2CCC(N3CCN(C(=O)COCCON(C(C)=O)[C@H](C(=O)N4C[C@H](O)C[C@H]4C(=O)NCc4ccc(-c5scnc5C)cc4)C(C)(C)C)CC3)CC2)ccc1Nc1ncc(Cl)c(Nc2ccccc2S(=O)(=O)C(C)C)n1. The molecule has 0 radical (unpaired) electrons. The number of β-amino-alcohol motifs (C(OH)–C–C–N with tert-alkyl or cyclic N) is 1. The molecule has 3 aliphatic heterocycles. The number of thiazole rings is 1. The summed E-state index contributed by atoms with van der Waals surface area (Å²) in [6, 6.07) is 18.6. The average Bonchev–Trinajstić information content (AvgIpc) is 4.32. The van der Waals surface area contributed by atoms with E-state index in [1.165, 1.54) is 18.0 Å². The maximum absolute atomic E-state index is 14.4. The van der Waals surface area contributed by atoms with E-state index in [9.17, 15) is 32.7 Å². The lowest BCUT2D eigenvalue weighted by Crippen LogP contribution is -2.58. The summed E-state index contributed by atoms with van der Waals surface area (Å²) >= 11 is 8.04. The summed E-state index contributed by atoms with van der Waals surface area (Å²) in [7, 11) is -2.00. The van der Waals surface area contributed by atoms with E-state index in [4.69, 9.17) is 25.9 Å². The molecule has 8 rings (SSSR count). The zero-order valence-electron chi connectivity index (χ0n) is 47.2. The van der Waals surface area contributed by atoms with Crippen molar-refractivity contribution in [3.05, 3.63) is 94.7 Å². The van der Waals surface area contributed by atoms with Crippen LogP contribution in [-0.2, 0) is 45.1 Å². The lowest BCUT2D eigenvalue weighted by molar-refractivity contribution is -0.218. The van der Waals surface area contributed by atoms with Crippen molar-refractivity contribution in [1.29, 1.82) is 0 Å². The zero-order valence-corrected chi connectivity index (χ0v) is 49.6. The number of carbonyl (C=O) groups is 4. The molecule has 0 saturated carbocycles. The highest BCUT2D eigenvalue weighted by molar-refractivity contribution is 7.92. The number of methoxy groups -OCH3 is 1. The first-order valence-corrected chi connectivity index (χ1v) is 30.0. The van der Waals surface area contributed by atoms with Crippen molar-refractivity contribution in [2.24, 2.45) is 5.41 Å². The van der Waals surface area contributed by atoms with Crippen LogP contribution < -0.4 is 25.6 Å². The maximum Gasteiger partial charge on any atom is 0.249 e. The molecule has 24 heteroatoms. The number of carbonyl (C=O) groups excluding carboxylic acids is 4. The van der Waals surface area contributed by atoms with Crippen molar-refractivity contribution in [2.75, 3.05) is 88.3 Å². The predicted molar refractivity (Wildman–Crippen MR) is 312 cm³/mol. The van der Waals surface area contributed by atoms with E-state index in [0.717, 1.165) is 71.5 Å². The third-order valence-electron chi connectivity index (χ3n) is 14.8. The second-order valence-corrected chi connectivity index (χ2v) is 25.6. The predicted octanol–water partition coefficient (Wildman–Crippen LogP) is 6.84. The lowest BCUT2D eigenvalue weighted by atomic mass is 9.85. The van der Waals surface area contributed by atoms with Crippen molar-refractivity contribution in [1.82, 2.24) is 40.0 Å². The number of benzene rings is 3. The third kappa shape index (κ3) is 14.8. The molecule has 5 aromatic rings. The Balaban J connectivity index is 0.766. The molecule has 3 fully saturated rings. The first-order valence-electron chi connectivity index (χ1n) is 27.2. The van der Waals surface area contributed by atoms with Crippen LogP contribution in [0.15, 0.2) is 83.3 Å². The molecule has 4 amide bonds. The van der Waals surface area contributed by atoms with E-state index in [1.54, 1.807) is 87.7 Å². The van der Waals surface area contributed by atoms with Gasteiger partial charge in [0.25, 0.3) is 0 Å². The summed E-state index contributed by atoms with van der Waals surface area (Å²) in [4.78, 5) is 82.8. The Hall–Kier alpha value is -6.47. The Morgan fingerprint density at radius 1 is 0.926 bits per heavy atom. The molecule has 3 saturated heterocycles. The van der Waals surface area contributed by atoms with E-state index in [1.807, 2.05) is 49.4 Å². The van der Waals surface area contributed by atoms with Crippen LogP contribution in [0.4, 0.5) is 28.8 Å². The van der Waals surface area contributed by atoms with E-state index >= 15 is 0 Å². The van der Waals surface area contributed by atoms with Crippen LogP contribution in [0.5, 0.6) is 5.75 Å². The number of nitrogens with zero attached hydrogens (tertiary/aromatic N) is 8. The molecule has 0 unspecified atom stereocenters. The Morgan fingerprint density at radius 2 is 1.64 bits per heavy atom. The summed E-state index contributed by atoms with van der Waals surface area (Å²) < 4.78 is 37.7. The molecule has 3 aliphatic rings. The Labute approximate surface area is 483 Å². The number of piperazine rings is 1. The number of hydrogen-bond acceptors (Lipinski definition) is 18. The summed E-state index contributed by atoms with van der Waals surface area (Å²) in [5.41, 5.74) is 5.80. The number of aliphatic hydroxyl groups excluding tert-OH is 1. The van der Waals surface area contributed by atoms with Crippen molar-refractivity contribution in [2.45, 2.75) is 109 Å². The van der Waals surface area contributed by atoms with E-state index in [2.05, 4.69) is 40.7 Å². The van der Waals surface area contributed by atoms with Gasteiger partial charge in [0.2, 0.25) is 29.6 Å². The molecule has 2 aromatic heterocycles. The summed E-state index contributed by atoms with van der Waals surface area (Å²) in [5, 5.41) is 20.6. The number of aryl methyl sites for hydroxylation is 1. The molecule has 436 valence electrons. The first kappa shape index (κ1) is 60.6. The molecule has 3 aromatic carbocycles. The van der Waals surface area contributed by atoms with Crippen molar-refractivity contribution < 1.29 is 47.0 Å². The minimum atomic E-state index is -3.59. The topological polar surface area (TPSA) is 241 Å². The number of para-hydroxylation sites is 1. The highest BCUT2D eigenvalue weighted by atomic mass is 35.5. The fourth-order valence-corrected chi connectivity index (χ4v) is 12.5. The van der Waals surface area contributed by atoms with Gasteiger partial charge in [0.1, 0.15) is 29.5 Å². The molecule has 4 N–H and O–H groups in total. The number of hydrogen-bond donors (Lipinski definition) is 4. The number of hydroxylamine groups is 2. The largest absolute Gasteiger partial charge is 0.494 e. The maximum atomic E-state index is 14.4. The molecule has 5 heterocycles. The van der Waals surface area contributed by atoms with Gasteiger partial charge in [-0.15, -0.1) is 11.3 Å². The van der Waals surface area contributed by atoms with Crippen molar-refractivity contribution in [3.63, 3.8) is 0 Å². The number of halogens is 1. The Morgan fingerprint density at radius 3 is 2.30 bits per heavy atom. The number of ether oxygens (including phenoxy) is 2. The van der Waals surface area contributed by atoms with Gasteiger partial charge in [0.05, 0.1) is 70.2 Å². The van der Waals surface area contributed by atoms with Gasteiger partial charge in [-0.2, -0.15) is 4.98 Å². The third-order valence-corrected chi connectivity index (χ3v) is 18.3. The van der Waals surface area contributed by atoms with Gasteiger partial charge in [-0.3, -0.25) is 28.9 Å². The van der Waals surface area contributed by atoms with Crippen molar-refractivity contribution >= 4 is 85.2 Å². The molecular weight excluding hydrogens is 1100 g/mol. The van der Waals surface area contributed by atoms with Crippen LogP contribution in [-0.4, -0.2) is 174 Å². The quantitative estimate of drug-likeness (QED) is 0.0434. The van der Waals surface area contributed by atoms with Crippen LogP contribution in [0.1, 0.15) is 72.1 Å². The van der Waals surface area contributed by atoms with Gasteiger partial charge in [0, 0.05) is 83.5 Å². The number of piperidine rings is 1. The van der Waals surface area contributed by atoms with Gasteiger partial charge in [-0.05, 0) is 74.4 Å². The van der Waals surface area contributed by atoms with Gasteiger partial charge in [-0.25, -0.2) is 23.4 Å². The number of amides is 4. The normalized spacial score (nSPS) is 17.7. The highest BCUT2D eigenvalue weighted by Gasteiger charge is 2.47. The second-order valence-electron chi connectivity index (χ2n) is 21.8. The number of aromatic nitrogens is 3. The number of sulfone groups is 1. The zero-order chi connectivity index (χ0) is 58.2. The standard InChI is InChI=1S/C57H74ClN11O10S2/c1-36(2)81(75,76)49-12-10-9-11-46(49)62-53-44(58)32-60-56(64-53)63-45-18-17-42(29-48(45)77-8)65-21-19-41(20-22-65)66-23-25-67(26-24-66)50(72)34-78-27-28-79-69(38(4)70)52(57(5,6)7)55(74)68-33-43(71)30-47(68)54(73)59-31-39-13-15-40(16-14-39)51-37(3)61-35-80-51/h9-18,29,32,35-36,41,43,47,52,71H,19-28,30-31,33-34H2,1-8H3,(H,59,73)(H2,60,62,63,64)/t43-,47+,52-/m1/s1. The summed E-state index contributed by atoms with van der Waals surface area (Å²) in [6.07, 6.45) is 2.43. The molecule has 3 atom stereocenters. The highest BCUT2D eigenvalue weighted by Crippen LogP contribution is 2.36. The summed E-state index contributed by atoms with van der Waals surface area (Å²) in [6.45, 7) is 16.0. The molecule has 0 aliphatic carbocycles. The van der Waals surface area contributed by atoms with E-state index in [-0.39, 0.29) is 66.9 Å².